The van der Waals surface area contributed by atoms with Crippen molar-refractivity contribution in [3.05, 3.63) is 42.5 Å². The third-order valence-corrected chi connectivity index (χ3v) is 4.45. The van der Waals surface area contributed by atoms with E-state index < -0.39 is 15.9 Å². The monoisotopic (exact) mass is 349 g/mol. The summed E-state index contributed by atoms with van der Waals surface area (Å²) in [4.78, 5) is 11.8. The van der Waals surface area contributed by atoms with E-state index in [0.717, 1.165) is 5.52 Å². The normalized spacial score (nSPS) is 11.5. The molecular weight excluding hydrogens is 334 g/mol. The largest absolute Gasteiger partial charge is 0.349 e. The third kappa shape index (κ3) is 3.68. The molecule has 0 aliphatic heterocycles. The van der Waals surface area contributed by atoms with Crippen LogP contribution < -0.4 is 10.0 Å². The zero-order valence-corrected chi connectivity index (χ0v) is 13.6. The topological polar surface area (TPSA) is 123 Å². The minimum absolute atomic E-state index is 0.0420. The Bertz CT molecular complexity index is 976. The molecule has 0 saturated carbocycles. The number of nitrogens with zero attached hydrogens (tertiary/aromatic N) is 5. The second kappa shape index (κ2) is 6.28. The van der Waals surface area contributed by atoms with Crippen LogP contribution in [0.25, 0.3) is 5.52 Å². The number of pyridine rings is 1. The Hall–Kier alpha value is -2.95. The predicted octanol–water partition coefficient (Wildman–Crippen LogP) is -0.365. The fourth-order valence-electron chi connectivity index (χ4n) is 2.06. The van der Waals surface area contributed by atoms with E-state index in [1.807, 2.05) is 0 Å². The van der Waals surface area contributed by atoms with Gasteiger partial charge in [0.2, 0.25) is 10.0 Å². The van der Waals surface area contributed by atoms with Crippen molar-refractivity contribution in [2.75, 3.05) is 17.0 Å². The molecule has 0 radical (unpaired) electrons. The molecule has 0 aliphatic rings. The van der Waals surface area contributed by atoms with Crippen LogP contribution in [0, 0.1) is 0 Å². The predicted molar refractivity (Wildman–Crippen MR) is 85.9 cm³/mol. The molecule has 0 fully saturated rings. The maximum atomic E-state index is 12.1. The molecule has 0 saturated heterocycles. The van der Waals surface area contributed by atoms with Gasteiger partial charge in [-0.15, -0.1) is 5.10 Å². The Kier molecular flexibility index (Phi) is 4.16. The molecular formula is C13H15N7O3S. The first-order valence-corrected chi connectivity index (χ1v) is 8.67. The molecule has 0 unspecified atom stereocenters. The van der Waals surface area contributed by atoms with E-state index in [9.17, 15) is 13.2 Å². The summed E-state index contributed by atoms with van der Waals surface area (Å²) in [6, 6.07) is 5.04. The lowest BCUT2D eigenvalue weighted by Gasteiger charge is -2.08. The number of nitrogens with one attached hydrogen (secondary N) is 2. The molecule has 3 heterocycles. The van der Waals surface area contributed by atoms with E-state index in [1.165, 1.54) is 10.9 Å². The number of hydrogen-bond acceptors (Lipinski definition) is 6. The number of amides is 1. The molecule has 0 atom stereocenters. The van der Waals surface area contributed by atoms with Crippen molar-refractivity contribution in [3.8, 4) is 0 Å². The molecule has 10 nitrogen and oxygen atoms in total. The Morgan fingerprint density at radius 2 is 2.17 bits per heavy atom. The van der Waals surface area contributed by atoms with E-state index in [0.29, 0.717) is 5.69 Å². The van der Waals surface area contributed by atoms with Gasteiger partial charge in [0.25, 0.3) is 5.91 Å². The fraction of sp³-hybridized carbons (Fsp3) is 0.231. The second-order valence-electron chi connectivity index (χ2n) is 5.07. The maximum absolute atomic E-state index is 12.1. The van der Waals surface area contributed by atoms with Gasteiger partial charge in [0, 0.05) is 26.0 Å². The van der Waals surface area contributed by atoms with Gasteiger partial charge in [-0.1, -0.05) is 5.21 Å². The van der Waals surface area contributed by atoms with Crippen molar-refractivity contribution in [2.24, 2.45) is 7.05 Å². The molecule has 11 heteroatoms. The van der Waals surface area contributed by atoms with Crippen molar-refractivity contribution in [2.45, 2.75) is 0 Å². The summed E-state index contributed by atoms with van der Waals surface area (Å²) in [5.41, 5.74) is 1.34. The molecule has 0 aromatic carbocycles. The summed E-state index contributed by atoms with van der Waals surface area (Å²) in [6.45, 7) is -0.0420. The van der Waals surface area contributed by atoms with E-state index in [4.69, 9.17) is 0 Å². The van der Waals surface area contributed by atoms with Crippen LogP contribution in [0.1, 0.15) is 10.5 Å². The average Bonchev–Trinajstić information content (AvgIpc) is 3.14. The van der Waals surface area contributed by atoms with Crippen LogP contribution >= 0.6 is 0 Å². The highest BCUT2D eigenvalue weighted by Gasteiger charge is 2.14. The van der Waals surface area contributed by atoms with Crippen LogP contribution in [0.15, 0.2) is 36.8 Å². The van der Waals surface area contributed by atoms with Gasteiger partial charge in [-0.3, -0.25) is 14.2 Å². The minimum atomic E-state index is -3.59. The van der Waals surface area contributed by atoms with Crippen LogP contribution in [0.4, 0.5) is 5.69 Å². The number of carbonyl (C=O) groups is 1. The second-order valence-corrected chi connectivity index (χ2v) is 6.91. The molecule has 2 N–H and O–H groups in total. The van der Waals surface area contributed by atoms with Gasteiger partial charge in [-0.2, -0.15) is 5.10 Å². The highest BCUT2D eigenvalue weighted by molar-refractivity contribution is 7.92. The first-order chi connectivity index (χ1) is 11.4. The smallest absolute Gasteiger partial charge is 0.273 e. The van der Waals surface area contributed by atoms with Crippen molar-refractivity contribution in [1.82, 2.24) is 29.9 Å². The maximum Gasteiger partial charge on any atom is 0.273 e. The summed E-state index contributed by atoms with van der Waals surface area (Å²) >= 11 is 0. The molecule has 24 heavy (non-hydrogen) atoms. The number of carbonyl (C=O) groups excluding carboxylic acids is 1. The number of sulfonamides is 1. The lowest BCUT2D eigenvalue weighted by molar-refractivity contribution is 0.0951. The first-order valence-electron chi connectivity index (χ1n) is 7.01. The first kappa shape index (κ1) is 15.9. The summed E-state index contributed by atoms with van der Waals surface area (Å²) in [5, 5.41) is 13.8. The molecule has 0 aliphatic carbocycles. The van der Waals surface area contributed by atoms with E-state index in [2.05, 4.69) is 25.4 Å². The van der Waals surface area contributed by atoms with Crippen molar-refractivity contribution < 1.29 is 13.2 Å². The highest BCUT2D eigenvalue weighted by Crippen LogP contribution is 2.12. The van der Waals surface area contributed by atoms with Crippen LogP contribution in [0.2, 0.25) is 0 Å². The Labute approximate surface area is 137 Å². The van der Waals surface area contributed by atoms with Crippen LogP contribution in [0.3, 0.4) is 0 Å². The number of fused-ring (bicyclic) bond motifs is 1. The van der Waals surface area contributed by atoms with Gasteiger partial charge in [-0.25, -0.2) is 12.9 Å². The number of anilines is 1. The third-order valence-electron chi connectivity index (χ3n) is 3.16. The summed E-state index contributed by atoms with van der Waals surface area (Å²) in [5.74, 6) is -0.734. The van der Waals surface area contributed by atoms with Crippen LogP contribution in [-0.4, -0.2) is 51.2 Å². The zero-order valence-electron chi connectivity index (χ0n) is 12.7. The Morgan fingerprint density at radius 1 is 1.33 bits per heavy atom. The molecule has 0 bridgehead atoms. The summed E-state index contributed by atoms with van der Waals surface area (Å²) < 4.78 is 29.6. The lowest BCUT2D eigenvalue weighted by Crippen LogP contribution is -2.31. The van der Waals surface area contributed by atoms with E-state index in [1.54, 1.807) is 42.2 Å². The van der Waals surface area contributed by atoms with Gasteiger partial charge in [-0.05, 0) is 18.2 Å². The molecule has 0 spiro atoms. The minimum Gasteiger partial charge on any atom is -0.349 e. The molecule has 126 valence electrons. The summed E-state index contributed by atoms with van der Waals surface area (Å²) in [7, 11) is -1.96. The molecule has 3 aromatic rings. The van der Waals surface area contributed by atoms with Gasteiger partial charge < -0.3 is 5.32 Å². The van der Waals surface area contributed by atoms with Crippen LogP contribution in [0.5, 0.6) is 0 Å². The van der Waals surface area contributed by atoms with Gasteiger partial charge in [0.05, 0.1) is 23.2 Å². The molecule has 1 amide bonds. The molecule has 3 aromatic heterocycles. The summed E-state index contributed by atoms with van der Waals surface area (Å²) in [6.07, 6.45) is 4.72. The van der Waals surface area contributed by atoms with Crippen molar-refractivity contribution in [3.63, 3.8) is 0 Å². The van der Waals surface area contributed by atoms with Crippen molar-refractivity contribution in [1.29, 1.82) is 0 Å². The molecule has 3 rings (SSSR count). The lowest BCUT2D eigenvalue weighted by atomic mass is 10.4. The number of rotatable bonds is 6. The SMILES string of the molecule is Cn1cc(C(=O)NCCS(=O)(=O)Nc2ccn3nccc3c2)nn1. The van der Waals surface area contributed by atoms with Gasteiger partial charge >= 0.3 is 0 Å². The number of aromatic nitrogens is 5. The van der Waals surface area contributed by atoms with Crippen LogP contribution in [-0.2, 0) is 17.1 Å². The Morgan fingerprint density at radius 3 is 2.92 bits per heavy atom. The zero-order chi connectivity index (χ0) is 17.2. The number of hydrogen-bond donors (Lipinski definition) is 2. The fourth-order valence-corrected chi connectivity index (χ4v) is 3.02. The number of aryl methyl sites for hydroxylation is 1. The van der Waals surface area contributed by atoms with Gasteiger partial charge in [0.15, 0.2) is 5.69 Å². The Balaban J connectivity index is 1.56. The standard InChI is InChI=1S/C13H15N7O3S/c1-19-9-12(16-18-19)13(21)14-5-7-24(22,23)17-10-3-6-20-11(8-10)2-4-15-20/h2-4,6,8-9,17H,5,7H2,1H3,(H,14,21). The van der Waals surface area contributed by atoms with Gasteiger partial charge in [0.1, 0.15) is 0 Å². The van der Waals surface area contributed by atoms with Crippen molar-refractivity contribution >= 4 is 27.1 Å². The highest BCUT2D eigenvalue weighted by atomic mass is 32.2. The quantitative estimate of drug-likeness (QED) is 0.626. The van der Waals surface area contributed by atoms with E-state index >= 15 is 0 Å². The average molecular weight is 349 g/mol. The van der Waals surface area contributed by atoms with E-state index in [-0.39, 0.29) is 18.0 Å².